The monoisotopic (exact) mass is 295 g/mol. The lowest BCUT2D eigenvalue weighted by molar-refractivity contribution is -0.135. The highest BCUT2D eigenvalue weighted by Crippen LogP contribution is 2.26. The fourth-order valence-corrected chi connectivity index (χ4v) is 1.55. The van der Waals surface area contributed by atoms with Crippen LogP contribution in [0.3, 0.4) is 0 Å². The van der Waals surface area contributed by atoms with Gasteiger partial charge in [-0.25, -0.2) is 4.79 Å². The van der Waals surface area contributed by atoms with Gasteiger partial charge in [0, 0.05) is 13.0 Å². The first-order valence-corrected chi connectivity index (χ1v) is 6.18. The Morgan fingerprint density at radius 1 is 1.24 bits per heavy atom. The lowest BCUT2D eigenvalue weighted by atomic mass is 10.1. The van der Waals surface area contributed by atoms with Crippen LogP contribution in [0.2, 0.25) is 0 Å². The van der Waals surface area contributed by atoms with Gasteiger partial charge < -0.3 is 19.0 Å². The zero-order valence-electron chi connectivity index (χ0n) is 12.3. The summed E-state index contributed by atoms with van der Waals surface area (Å²) in [5.74, 6) is -0.621. The van der Waals surface area contributed by atoms with Gasteiger partial charge >= 0.3 is 11.9 Å². The Labute approximate surface area is 122 Å². The predicted octanol–water partition coefficient (Wildman–Crippen LogP) is 1.53. The molecule has 7 nitrogen and oxygen atoms in total. The molecule has 0 spiro atoms. The Morgan fingerprint density at radius 2 is 1.95 bits per heavy atom. The number of carbonyl (C=O) groups is 2. The van der Waals surface area contributed by atoms with Crippen molar-refractivity contribution in [1.82, 2.24) is 0 Å². The molecular weight excluding hydrogens is 278 g/mol. The third-order valence-electron chi connectivity index (χ3n) is 2.35. The number of hydrogen-bond donors (Lipinski definition) is 0. The molecule has 1 aromatic rings. The molecule has 0 aliphatic heterocycles. The molecule has 0 unspecified atom stereocenters. The number of benzene rings is 1. The normalized spacial score (nSPS) is 10.8. The van der Waals surface area contributed by atoms with E-state index in [9.17, 15) is 9.59 Å². The fraction of sp³-hybridized carbons (Fsp3) is 0.357. The van der Waals surface area contributed by atoms with Gasteiger partial charge in [-0.3, -0.25) is 4.79 Å². The minimum absolute atomic E-state index is 0.0988. The van der Waals surface area contributed by atoms with Crippen LogP contribution in [0.25, 0.3) is 0 Å². The maximum atomic E-state index is 11.9. The van der Waals surface area contributed by atoms with Crippen molar-refractivity contribution in [2.45, 2.75) is 13.8 Å². The second-order valence-electron chi connectivity index (χ2n) is 3.80. The van der Waals surface area contributed by atoms with Crippen LogP contribution in [0.4, 0.5) is 0 Å². The van der Waals surface area contributed by atoms with Gasteiger partial charge in [0.15, 0.2) is 5.71 Å². The van der Waals surface area contributed by atoms with E-state index >= 15 is 0 Å². The highest BCUT2D eigenvalue weighted by atomic mass is 16.6. The van der Waals surface area contributed by atoms with E-state index in [4.69, 9.17) is 14.2 Å². The fourth-order valence-electron chi connectivity index (χ4n) is 1.55. The number of rotatable bonds is 6. The molecule has 0 fully saturated rings. The Balaban J connectivity index is 3.32. The van der Waals surface area contributed by atoms with E-state index in [1.54, 1.807) is 13.0 Å². The molecule has 0 aliphatic carbocycles. The lowest BCUT2D eigenvalue weighted by Gasteiger charge is -2.11. The van der Waals surface area contributed by atoms with Gasteiger partial charge in [0.2, 0.25) is 0 Å². The number of methoxy groups -OCH3 is 1. The highest BCUT2D eigenvalue weighted by molar-refractivity contribution is 6.43. The van der Waals surface area contributed by atoms with Gasteiger partial charge in [-0.15, -0.1) is 0 Å². The molecule has 0 amide bonds. The SMILES string of the molecule is CCOC(=O)/C(=N\OC)c1ccc(OC)cc1OC(C)=O. The quantitative estimate of drug-likeness (QED) is 0.342. The molecule has 0 radical (unpaired) electrons. The van der Waals surface area contributed by atoms with Crippen LogP contribution >= 0.6 is 0 Å². The summed E-state index contributed by atoms with van der Waals surface area (Å²) in [6, 6.07) is 4.61. The first-order chi connectivity index (χ1) is 10.0. The summed E-state index contributed by atoms with van der Waals surface area (Å²) in [5, 5.41) is 3.65. The third-order valence-corrected chi connectivity index (χ3v) is 2.35. The molecule has 0 aliphatic rings. The van der Waals surface area contributed by atoms with Gasteiger partial charge in [-0.1, -0.05) is 5.16 Å². The lowest BCUT2D eigenvalue weighted by Crippen LogP contribution is -2.20. The number of nitrogens with zero attached hydrogens (tertiary/aromatic N) is 1. The molecular formula is C14H17NO6. The van der Waals surface area contributed by atoms with Crippen LogP contribution in [0.5, 0.6) is 11.5 Å². The van der Waals surface area contributed by atoms with Crippen LogP contribution in [0, 0.1) is 0 Å². The Bertz CT molecular complexity index is 552. The van der Waals surface area contributed by atoms with Crippen LogP contribution in [0.15, 0.2) is 23.4 Å². The Morgan fingerprint density at radius 3 is 2.48 bits per heavy atom. The van der Waals surface area contributed by atoms with Crippen LogP contribution in [-0.2, 0) is 19.2 Å². The van der Waals surface area contributed by atoms with Crippen molar-refractivity contribution in [2.24, 2.45) is 5.16 Å². The molecule has 0 N–H and O–H groups in total. The maximum absolute atomic E-state index is 11.9. The number of ether oxygens (including phenoxy) is 3. The summed E-state index contributed by atoms with van der Waals surface area (Å²) in [6.45, 7) is 3.10. The zero-order chi connectivity index (χ0) is 15.8. The number of carbonyl (C=O) groups excluding carboxylic acids is 2. The van der Waals surface area contributed by atoms with Crippen molar-refractivity contribution in [3.05, 3.63) is 23.8 Å². The molecule has 0 saturated carbocycles. The van der Waals surface area contributed by atoms with Crippen LogP contribution in [-0.4, -0.2) is 38.5 Å². The van der Waals surface area contributed by atoms with Gasteiger partial charge in [-0.2, -0.15) is 0 Å². The van der Waals surface area contributed by atoms with Crippen molar-refractivity contribution >= 4 is 17.7 Å². The molecule has 114 valence electrons. The maximum Gasteiger partial charge on any atom is 0.361 e. The second kappa shape index (κ2) is 7.88. The van der Waals surface area contributed by atoms with Crippen molar-refractivity contribution < 1.29 is 28.6 Å². The Kier molecular flexibility index (Phi) is 6.19. The van der Waals surface area contributed by atoms with E-state index in [1.807, 2.05) is 0 Å². The molecule has 0 bridgehead atoms. The minimum atomic E-state index is -0.682. The molecule has 21 heavy (non-hydrogen) atoms. The number of esters is 2. The van der Waals surface area contributed by atoms with Crippen molar-refractivity contribution in [1.29, 1.82) is 0 Å². The zero-order valence-corrected chi connectivity index (χ0v) is 12.3. The smallest absolute Gasteiger partial charge is 0.361 e. The van der Waals surface area contributed by atoms with Gasteiger partial charge in [0.1, 0.15) is 18.6 Å². The molecule has 0 atom stereocenters. The summed E-state index contributed by atoms with van der Waals surface area (Å²) in [4.78, 5) is 27.8. The van der Waals surface area contributed by atoms with E-state index < -0.39 is 11.9 Å². The van der Waals surface area contributed by atoms with E-state index in [0.29, 0.717) is 5.75 Å². The molecule has 1 aromatic carbocycles. The summed E-state index contributed by atoms with van der Waals surface area (Å²) >= 11 is 0. The summed E-state index contributed by atoms with van der Waals surface area (Å²) < 4.78 is 15.0. The van der Waals surface area contributed by atoms with Crippen LogP contribution in [0.1, 0.15) is 19.4 Å². The Hall–Kier alpha value is -2.57. The van der Waals surface area contributed by atoms with Gasteiger partial charge in [0.05, 0.1) is 19.3 Å². The molecule has 1 rings (SSSR count). The van der Waals surface area contributed by atoms with E-state index in [0.717, 1.165) is 0 Å². The third kappa shape index (κ3) is 4.48. The molecule has 0 heterocycles. The molecule has 0 saturated heterocycles. The average Bonchev–Trinajstić information content (AvgIpc) is 2.44. The largest absolute Gasteiger partial charge is 0.497 e. The van der Waals surface area contributed by atoms with Crippen molar-refractivity contribution in [2.75, 3.05) is 20.8 Å². The van der Waals surface area contributed by atoms with E-state index in [-0.39, 0.29) is 23.6 Å². The number of hydrogen-bond acceptors (Lipinski definition) is 7. The number of oxime groups is 1. The first-order valence-electron chi connectivity index (χ1n) is 6.18. The highest BCUT2D eigenvalue weighted by Gasteiger charge is 2.22. The predicted molar refractivity (Wildman–Crippen MR) is 74.5 cm³/mol. The summed E-state index contributed by atoms with van der Waals surface area (Å²) in [5.41, 5.74) is 0.171. The standard InChI is InChI=1S/C14H17NO6/c1-5-20-14(17)13(15-19-4)11-7-6-10(18-3)8-12(11)21-9(2)16/h6-8H,5H2,1-4H3/b15-13-. The second-order valence-corrected chi connectivity index (χ2v) is 3.80. The van der Waals surface area contributed by atoms with Gasteiger partial charge in [0.25, 0.3) is 0 Å². The van der Waals surface area contributed by atoms with Crippen molar-refractivity contribution in [3.8, 4) is 11.5 Å². The van der Waals surface area contributed by atoms with E-state index in [1.165, 1.54) is 33.3 Å². The molecule has 7 heteroatoms. The molecule has 0 aromatic heterocycles. The topological polar surface area (TPSA) is 83.4 Å². The first kappa shape index (κ1) is 16.5. The van der Waals surface area contributed by atoms with Gasteiger partial charge in [-0.05, 0) is 19.1 Å². The van der Waals surface area contributed by atoms with Crippen LogP contribution < -0.4 is 9.47 Å². The summed E-state index contributed by atoms with van der Waals surface area (Å²) in [6.07, 6.45) is 0. The van der Waals surface area contributed by atoms with E-state index in [2.05, 4.69) is 9.99 Å². The minimum Gasteiger partial charge on any atom is -0.497 e. The summed E-state index contributed by atoms with van der Waals surface area (Å²) in [7, 11) is 2.77. The van der Waals surface area contributed by atoms with Crippen molar-refractivity contribution in [3.63, 3.8) is 0 Å². The average molecular weight is 295 g/mol.